The first-order valence-electron chi connectivity index (χ1n) is 3.58. The SMILES string of the molecule is Clc1cc(Br)cc2c(Br)ccnc12. The van der Waals surface area contributed by atoms with Crippen LogP contribution in [0.3, 0.4) is 0 Å². The van der Waals surface area contributed by atoms with E-state index >= 15 is 0 Å². The summed E-state index contributed by atoms with van der Waals surface area (Å²) in [7, 11) is 0. The molecule has 0 fully saturated rings. The van der Waals surface area contributed by atoms with Crippen LogP contribution in [0.2, 0.25) is 5.02 Å². The second-order valence-electron chi connectivity index (χ2n) is 2.58. The zero-order chi connectivity index (χ0) is 9.42. The fourth-order valence-corrected chi connectivity index (χ4v) is 2.42. The highest BCUT2D eigenvalue weighted by Crippen LogP contribution is 2.30. The Kier molecular flexibility index (Phi) is 2.58. The molecule has 2 rings (SSSR count). The number of benzene rings is 1. The fraction of sp³-hybridized carbons (Fsp3) is 0. The summed E-state index contributed by atoms with van der Waals surface area (Å²) in [6.45, 7) is 0. The van der Waals surface area contributed by atoms with Crippen molar-refractivity contribution in [3.8, 4) is 0 Å². The van der Waals surface area contributed by atoms with Crippen LogP contribution in [0.25, 0.3) is 10.9 Å². The second kappa shape index (κ2) is 3.56. The minimum Gasteiger partial charge on any atom is -0.255 e. The van der Waals surface area contributed by atoms with Crippen LogP contribution in [0, 0.1) is 0 Å². The first-order chi connectivity index (χ1) is 6.18. The summed E-state index contributed by atoms with van der Waals surface area (Å²) in [6, 6.07) is 5.72. The number of hydrogen-bond donors (Lipinski definition) is 0. The predicted octanol–water partition coefficient (Wildman–Crippen LogP) is 4.41. The van der Waals surface area contributed by atoms with Crippen LogP contribution < -0.4 is 0 Å². The lowest BCUT2D eigenvalue weighted by Crippen LogP contribution is -1.81. The quantitative estimate of drug-likeness (QED) is 0.700. The summed E-state index contributed by atoms with van der Waals surface area (Å²) in [5.74, 6) is 0. The van der Waals surface area contributed by atoms with E-state index in [0.717, 1.165) is 19.8 Å². The molecule has 0 unspecified atom stereocenters. The Morgan fingerprint density at radius 2 is 2.00 bits per heavy atom. The average molecular weight is 321 g/mol. The van der Waals surface area contributed by atoms with Crippen LogP contribution in [-0.2, 0) is 0 Å². The van der Waals surface area contributed by atoms with E-state index in [-0.39, 0.29) is 0 Å². The Labute approximate surface area is 97.4 Å². The molecule has 0 spiro atoms. The second-order valence-corrected chi connectivity index (χ2v) is 4.75. The fourth-order valence-electron chi connectivity index (χ4n) is 1.15. The van der Waals surface area contributed by atoms with Gasteiger partial charge in [0, 0.05) is 20.5 Å². The molecule has 0 atom stereocenters. The van der Waals surface area contributed by atoms with Gasteiger partial charge in [-0.05, 0) is 18.2 Å². The molecule has 13 heavy (non-hydrogen) atoms. The topological polar surface area (TPSA) is 12.9 Å². The van der Waals surface area contributed by atoms with Crippen molar-refractivity contribution < 1.29 is 0 Å². The maximum Gasteiger partial charge on any atom is 0.0900 e. The molecule has 1 nitrogen and oxygen atoms in total. The van der Waals surface area contributed by atoms with Gasteiger partial charge in [0.15, 0.2) is 0 Å². The molecule has 0 saturated heterocycles. The third kappa shape index (κ3) is 1.73. The minimum absolute atomic E-state index is 0.658. The first-order valence-corrected chi connectivity index (χ1v) is 5.54. The Bertz CT molecular complexity index is 470. The van der Waals surface area contributed by atoms with Gasteiger partial charge in [0.2, 0.25) is 0 Å². The molecule has 0 amide bonds. The molecule has 2 aromatic rings. The zero-order valence-corrected chi connectivity index (χ0v) is 10.3. The molecular formula is C9H4Br2ClN. The van der Waals surface area contributed by atoms with E-state index in [0.29, 0.717) is 5.02 Å². The molecule has 0 N–H and O–H groups in total. The average Bonchev–Trinajstić information content (AvgIpc) is 2.07. The number of rotatable bonds is 0. The monoisotopic (exact) mass is 319 g/mol. The predicted molar refractivity (Wildman–Crippen MR) is 62.2 cm³/mol. The normalized spacial score (nSPS) is 10.7. The van der Waals surface area contributed by atoms with Crippen molar-refractivity contribution in [1.82, 2.24) is 4.98 Å². The molecule has 1 heterocycles. The number of aromatic nitrogens is 1. The molecule has 0 aliphatic rings. The van der Waals surface area contributed by atoms with E-state index in [1.165, 1.54) is 0 Å². The highest BCUT2D eigenvalue weighted by molar-refractivity contribution is 9.11. The molecule has 4 heteroatoms. The third-order valence-electron chi connectivity index (χ3n) is 1.71. The van der Waals surface area contributed by atoms with Gasteiger partial charge in [-0.3, -0.25) is 4.98 Å². The van der Waals surface area contributed by atoms with Crippen molar-refractivity contribution in [3.63, 3.8) is 0 Å². The smallest absolute Gasteiger partial charge is 0.0900 e. The number of halogens is 3. The molecule has 0 saturated carbocycles. The molecule has 0 bridgehead atoms. The van der Waals surface area contributed by atoms with Crippen molar-refractivity contribution >= 4 is 54.4 Å². The molecule has 66 valence electrons. The standard InChI is InChI=1S/C9H4Br2ClN/c10-5-3-6-7(11)1-2-13-9(6)8(12)4-5/h1-4H. The van der Waals surface area contributed by atoms with Gasteiger partial charge in [0.25, 0.3) is 0 Å². The van der Waals surface area contributed by atoms with Gasteiger partial charge in [0.05, 0.1) is 10.5 Å². The van der Waals surface area contributed by atoms with E-state index in [2.05, 4.69) is 36.8 Å². The minimum atomic E-state index is 0.658. The van der Waals surface area contributed by atoms with E-state index in [1.807, 2.05) is 18.2 Å². The Morgan fingerprint density at radius 1 is 1.23 bits per heavy atom. The van der Waals surface area contributed by atoms with Crippen molar-refractivity contribution in [3.05, 3.63) is 38.4 Å². The first kappa shape index (κ1) is 9.44. The molecule has 0 radical (unpaired) electrons. The van der Waals surface area contributed by atoms with Gasteiger partial charge >= 0.3 is 0 Å². The molecule has 1 aromatic heterocycles. The van der Waals surface area contributed by atoms with Gasteiger partial charge in [0.1, 0.15) is 0 Å². The maximum absolute atomic E-state index is 6.02. The van der Waals surface area contributed by atoms with Crippen LogP contribution >= 0.6 is 43.5 Å². The number of hydrogen-bond acceptors (Lipinski definition) is 1. The van der Waals surface area contributed by atoms with Gasteiger partial charge in [-0.25, -0.2) is 0 Å². The van der Waals surface area contributed by atoms with Gasteiger partial charge in [-0.15, -0.1) is 0 Å². The van der Waals surface area contributed by atoms with Crippen LogP contribution in [0.4, 0.5) is 0 Å². The number of pyridine rings is 1. The Hall–Kier alpha value is -0.120. The summed E-state index contributed by atoms with van der Waals surface area (Å²) in [6.07, 6.45) is 1.73. The van der Waals surface area contributed by atoms with Crippen molar-refractivity contribution in [1.29, 1.82) is 0 Å². The van der Waals surface area contributed by atoms with Gasteiger partial charge < -0.3 is 0 Å². The highest BCUT2D eigenvalue weighted by atomic mass is 79.9. The summed E-state index contributed by atoms with van der Waals surface area (Å²) in [5.41, 5.74) is 0.819. The van der Waals surface area contributed by atoms with Crippen molar-refractivity contribution in [2.75, 3.05) is 0 Å². The summed E-state index contributed by atoms with van der Waals surface area (Å²) >= 11 is 12.9. The highest BCUT2D eigenvalue weighted by Gasteiger charge is 2.04. The summed E-state index contributed by atoms with van der Waals surface area (Å²) in [5, 5.41) is 1.67. The molecule has 0 aliphatic carbocycles. The summed E-state index contributed by atoms with van der Waals surface area (Å²) in [4.78, 5) is 4.20. The third-order valence-corrected chi connectivity index (χ3v) is 3.15. The lowest BCUT2D eigenvalue weighted by Gasteiger charge is -2.02. The summed E-state index contributed by atoms with van der Waals surface area (Å²) < 4.78 is 1.96. The zero-order valence-electron chi connectivity index (χ0n) is 6.39. The molecule has 0 aliphatic heterocycles. The lowest BCUT2D eigenvalue weighted by atomic mass is 10.2. The van der Waals surface area contributed by atoms with Gasteiger partial charge in [-0.1, -0.05) is 43.5 Å². The van der Waals surface area contributed by atoms with Gasteiger partial charge in [-0.2, -0.15) is 0 Å². The number of fused-ring (bicyclic) bond motifs is 1. The Morgan fingerprint density at radius 3 is 2.77 bits per heavy atom. The Balaban J connectivity index is 2.94. The van der Waals surface area contributed by atoms with Crippen LogP contribution in [0.1, 0.15) is 0 Å². The molecular weight excluding hydrogens is 317 g/mol. The van der Waals surface area contributed by atoms with Crippen LogP contribution in [0.5, 0.6) is 0 Å². The van der Waals surface area contributed by atoms with E-state index in [9.17, 15) is 0 Å². The lowest BCUT2D eigenvalue weighted by molar-refractivity contribution is 1.40. The maximum atomic E-state index is 6.02. The van der Waals surface area contributed by atoms with E-state index < -0.39 is 0 Å². The van der Waals surface area contributed by atoms with E-state index in [4.69, 9.17) is 11.6 Å². The van der Waals surface area contributed by atoms with E-state index in [1.54, 1.807) is 6.20 Å². The van der Waals surface area contributed by atoms with Crippen LogP contribution in [-0.4, -0.2) is 4.98 Å². The van der Waals surface area contributed by atoms with Crippen molar-refractivity contribution in [2.24, 2.45) is 0 Å². The number of nitrogens with zero attached hydrogens (tertiary/aromatic N) is 1. The van der Waals surface area contributed by atoms with Crippen LogP contribution in [0.15, 0.2) is 33.3 Å². The molecule has 1 aromatic carbocycles. The van der Waals surface area contributed by atoms with Crippen molar-refractivity contribution in [2.45, 2.75) is 0 Å². The largest absolute Gasteiger partial charge is 0.255 e.